The maximum atomic E-state index is 12.5. The van der Waals surface area contributed by atoms with E-state index in [2.05, 4.69) is 11.6 Å². The molecule has 3 N–H and O–H groups in total. The van der Waals surface area contributed by atoms with Crippen molar-refractivity contribution in [3.8, 4) is 0 Å². The molecule has 0 aromatic heterocycles. The molecule has 0 aliphatic heterocycles. The summed E-state index contributed by atoms with van der Waals surface area (Å²) in [5.74, 6) is 0. The average Bonchev–Trinajstić information content (AvgIpc) is 2.90. The second kappa shape index (κ2) is 6.15. The predicted molar refractivity (Wildman–Crippen MR) is 87.0 cm³/mol. The summed E-state index contributed by atoms with van der Waals surface area (Å²) in [6.07, 6.45) is 5.52. The van der Waals surface area contributed by atoms with Gasteiger partial charge < -0.3 is 5.73 Å². The number of rotatable bonds is 5. The normalized spacial score (nSPS) is 18.0. The van der Waals surface area contributed by atoms with Crippen LogP contribution in [0.1, 0.15) is 44.6 Å². The van der Waals surface area contributed by atoms with Gasteiger partial charge in [-0.1, -0.05) is 31.4 Å². The Morgan fingerprint density at radius 1 is 1.33 bits per heavy atom. The van der Waals surface area contributed by atoms with Crippen LogP contribution in [0, 0.1) is 12.3 Å². The standard InChI is InChI=1S/C15H23ClN2O2S/c1-3-15(6-4-5-7-15)10-18-21(19,20)14-9-12(16)8-13(17)11(14)2/h8-9,18H,3-7,10,17H2,1-2H3. The molecule has 1 fully saturated rings. The molecule has 4 nitrogen and oxygen atoms in total. The van der Waals surface area contributed by atoms with E-state index in [-0.39, 0.29) is 10.3 Å². The van der Waals surface area contributed by atoms with Gasteiger partial charge in [0.05, 0.1) is 4.90 Å². The molecule has 0 spiro atoms. The number of halogens is 1. The second-order valence-electron chi connectivity index (χ2n) is 6.00. The van der Waals surface area contributed by atoms with Gasteiger partial charge in [0.1, 0.15) is 0 Å². The van der Waals surface area contributed by atoms with Gasteiger partial charge in [0.2, 0.25) is 10.0 Å². The number of nitrogens with one attached hydrogen (secondary N) is 1. The summed E-state index contributed by atoms with van der Waals surface area (Å²) in [6, 6.07) is 3.03. The van der Waals surface area contributed by atoms with E-state index in [0.29, 0.717) is 22.8 Å². The highest BCUT2D eigenvalue weighted by Crippen LogP contribution is 2.40. The van der Waals surface area contributed by atoms with Crippen molar-refractivity contribution in [2.45, 2.75) is 50.8 Å². The van der Waals surface area contributed by atoms with Gasteiger partial charge >= 0.3 is 0 Å². The van der Waals surface area contributed by atoms with Crippen molar-refractivity contribution in [1.29, 1.82) is 0 Å². The van der Waals surface area contributed by atoms with Crippen molar-refractivity contribution in [1.82, 2.24) is 4.72 Å². The first-order valence-electron chi connectivity index (χ1n) is 7.35. The highest BCUT2D eigenvalue weighted by molar-refractivity contribution is 7.89. The monoisotopic (exact) mass is 330 g/mol. The Hall–Kier alpha value is -0.780. The molecule has 0 bridgehead atoms. The van der Waals surface area contributed by atoms with Gasteiger partial charge in [0.25, 0.3) is 0 Å². The Labute approximate surface area is 132 Å². The topological polar surface area (TPSA) is 72.2 Å². The molecule has 2 rings (SSSR count). The predicted octanol–water partition coefficient (Wildman–Crippen LogP) is 3.48. The molecule has 1 aromatic carbocycles. The fourth-order valence-electron chi connectivity index (χ4n) is 3.06. The Morgan fingerprint density at radius 3 is 2.52 bits per heavy atom. The van der Waals surface area contributed by atoms with Crippen LogP contribution in [-0.4, -0.2) is 15.0 Å². The third-order valence-electron chi connectivity index (χ3n) is 4.71. The third-order valence-corrected chi connectivity index (χ3v) is 6.45. The summed E-state index contributed by atoms with van der Waals surface area (Å²) in [5, 5.41) is 0.338. The number of hydrogen-bond acceptors (Lipinski definition) is 3. The molecule has 6 heteroatoms. The number of sulfonamides is 1. The summed E-state index contributed by atoms with van der Waals surface area (Å²) >= 11 is 5.94. The maximum Gasteiger partial charge on any atom is 0.240 e. The van der Waals surface area contributed by atoms with Crippen LogP contribution in [0.3, 0.4) is 0 Å². The number of nitrogen functional groups attached to an aromatic ring is 1. The fourth-order valence-corrected chi connectivity index (χ4v) is 4.81. The summed E-state index contributed by atoms with van der Waals surface area (Å²) < 4.78 is 27.9. The van der Waals surface area contributed by atoms with E-state index in [4.69, 9.17) is 17.3 Å². The summed E-state index contributed by atoms with van der Waals surface area (Å²) in [5.41, 5.74) is 6.86. The minimum absolute atomic E-state index is 0.102. The second-order valence-corrected chi connectivity index (χ2v) is 8.18. The summed E-state index contributed by atoms with van der Waals surface area (Å²) in [4.78, 5) is 0.178. The Balaban J connectivity index is 2.23. The van der Waals surface area contributed by atoms with Crippen molar-refractivity contribution in [2.75, 3.05) is 12.3 Å². The van der Waals surface area contributed by atoms with Crippen LogP contribution in [-0.2, 0) is 10.0 Å². The molecule has 0 atom stereocenters. The van der Waals surface area contributed by atoms with Crippen molar-refractivity contribution in [3.63, 3.8) is 0 Å². The lowest BCUT2D eigenvalue weighted by Gasteiger charge is -2.27. The van der Waals surface area contributed by atoms with Gasteiger partial charge in [-0.2, -0.15) is 0 Å². The Bertz CT molecular complexity index is 623. The molecule has 1 saturated carbocycles. The van der Waals surface area contributed by atoms with E-state index in [1.807, 2.05) is 0 Å². The Morgan fingerprint density at radius 2 is 1.95 bits per heavy atom. The lowest BCUT2D eigenvalue weighted by Crippen LogP contribution is -2.36. The zero-order valence-electron chi connectivity index (χ0n) is 12.6. The molecule has 118 valence electrons. The molecule has 0 radical (unpaired) electrons. The van der Waals surface area contributed by atoms with E-state index >= 15 is 0 Å². The van der Waals surface area contributed by atoms with Gasteiger partial charge in [-0.25, -0.2) is 13.1 Å². The van der Waals surface area contributed by atoms with Crippen LogP contribution < -0.4 is 10.5 Å². The lowest BCUT2D eigenvalue weighted by molar-refractivity contribution is 0.285. The largest absolute Gasteiger partial charge is 0.398 e. The van der Waals surface area contributed by atoms with Gasteiger partial charge in [0, 0.05) is 17.3 Å². The molecule has 0 unspecified atom stereocenters. The van der Waals surface area contributed by atoms with E-state index in [1.54, 1.807) is 13.0 Å². The third kappa shape index (κ3) is 3.52. The molecule has 0 heterocycles. The minimum atomic E-state index is -3.59. The molecule has 0 saturated heterocycles. The number of hydrogen-bond donors (Lipinski definition) is 2. The zero-order valence-corrected chi connectivity index (χ0v) is 14.1. The van der Waals surface area contributed by atoms with Crippen LogP contribution in [0.4, 0.5) is 5.69 Å². The van der Waals surface area contributed by atoms with Crippen molar-refractivity contribution in [2.24, 2.45) is 5.41 Å². The molecule has 21 heavy (non-hydrogen) atoms. The van der Waals surface area contributed by atoms with Gasteiger partial charge in [-0.05, 0) is 49.3 Å². The molecule has 1 aliphatic carbocycles. The van der Waals surface area contributed by atoms with Crippen LogP contribution in [0.25, 0.3) is 0 Å². The molecular weight excluding hydrogens is 308 g/mol. The van der Waals surface area contributed by atoms with Crippen LogP contribution in [0.2, 0.25) is 5.02 Å². The van der Waals surface area contributed by atoms with E-state index < -0.39 is 10.0 Å². The first-order valence-corrected chi connectivity index (χ1v) is 9.21. The first kappa shape index (κ1) is 16.6. The molecule has 1 aromatic rings. The molecule has 0 amide bonds. The Kier molecular flexibility index (Phi) is 4.85. The number of nitrogens with two attached hydrogens (primary N) is 1. The van der Waals surface area contributed by atoms with Crippen LogP contribution in [0.15, 0.2) is 17.0 Å². The first-order chi connectivity index (χ1) is 9.80. The highest BCUT2D eigenvalue weighted by atomic mass is 35.5. The quantitative estimate of drug-likeness (QED) is 0.812. The summed E-state index contributed by atoms with van der Waals surface area (Å²) in [7, 11) is -3.59. The van der Waals surface area contributed by atoms with Crippen molar-refractivity contribution in [3.05, 3.63) is 22.7 Å². The molecular formula is C15H23ClN2O2S. The highest BCUT2D eigenvalue weighted by Gasteiger charge is 2.33. The number of benzene rings is 1. The average molecular weight is 331 g/mol. The van der Waals surface area contributed by atoms with Crippen LogP contribution in [0.5, 0.6) is 0 Å². The minimum Gasteiger partial charge on any atom is -0.398 e. The summed E-state index contributed by atoms with van der Waals surface area (Å²) in [6.45, 7) is 4.31. The van der Waals surface area contributed by atoms with E-state index in [1.165, 1.54) is 18.9 Å². The number of anilines is 1. The molecule has 1 aliphatic rings. The van der Waals surface area contributed by atoms with Gasteiger partial charge in [-0.15, -0.1) is 0 Å². The van der Waals surface area contributed by atoms with Gasteiger partial charge in [0.15, 0.2) is 0 Å². The van der Waals surface area contributed by atoms with Crippen LogP contribution >= 0.6 is 11.6 Å². The zero-order chi connectivity index (χ0) is 15.7. The maximum absolute atomic E-state index is 12.5. The smallest absolute Gasteiger partial charge is 0.240 e. The lowest BCUT2D eigenvalue weighted by atomic mass is 9.84. The van der Waals surface area contributed by atoms with E-state index in [9.17, 15) is 8.42 Å². The fraction of sp³-hybridized carbons (Fsp3) is 0.600. The van der Waals surface area contributed by atoms with Crippen molar-refractivity contribution < 1.29 is 8.42 Å². The van der Waals surface area contributed by atoms with Crippen molar-refractivity contribution >= 4 is 27.3 Å². The van der Waals surface area contributed by atoms with Gasteiger partial charge in [-0.3, -0.25) is 0 Å². The van der Waals surface area contributed by atoms with E-state index in [0.717, 1.165) is 19.3 Å². The SMILES string of the molecule is CCC1(CNS(=O)(=O)c2cc(Cl)cc(N)c2C)CCCC1.